The first-order valence-electron chi connectivity index (χ1n) is 5.69. The topological polar surface area (TPSA) is 64.1 Å². The maximum absolute atomic E-state index is 12.1. The van der Waals surface area contributed by atoms with Gasteiger partial charge in [-0.3, -0.25) is 9.78 Å². The summed E-state index contributed by atoms with van der Waals surface area (Å²) in [6.45, 7) is 0. The van der Waals surface area contributed by atoms with Crippen molar-refractivity contribution in [2.75, 3.05) is 6.26 Å². The van der Waals surface area contributed by atoms with Crippen LogP contribution in [0.3, 0.4) is 0 Å². The van der Waals surface area contributed by atoms with Crippen LogP contribution in [0.15, 0.2) is 53.7 Å². The van der Waals surface area contributed by atoms with Crippen LogP contribution in [-0.4, -0.2) is 25.4 Å². The highest BCUT2D eigenvalue weighted by atomic mass is 32.2. The molecule has 2 aromatic rings. The molecule has 0 unspecified atom stereocenters. The third kappa shape index (κ3) is 3.48. The number of ketones is 1. The Kier molecular flexibility index (Phi) is 3.76. The van der Waals surface area contributed by atoms with Crippen LogP contribution in [0.5, 0.6) is 0 Å². The number of sulfone groups is 1. The van der Waals surface area contributed by atoms with Crippen LogP contribution in [0.2, 0.25) is 0 Å². The van der Waals surface area contributed by atoms with E-state index in [1.54, 1.807) is 36.7 Å². The Bertz CT molecular complexity index is 694. The highest BCUT2D eigenvalue weighted by molar-refractivity contribution is 7.90. The second-order valence-corrected chi connectivity index (χ2v) is 6.27. The lowest BCUT2D eigenvalue weighted by Crippen LogP contribution is -2.05. The Morgan fingerprint density at radius 2 is 1.84 bits per heavy atom. The average molecular weight is 275 g/mol. The Morgan fingerprint density at radius 1 is 1.16 bits per heavy atom. The van der Waals surface area contributed by atoms with Gasteiger partial charge in [0.1, 0.15) is 0 Å². The van der Waals surface area contributed by atoms with Gasteiger partial charge >= 0.3 is 0 Å². The van der Waals surface area contributed by atoms with Crippen LogP contribution in [0.4, 0.5) is 0 Å². The van der Waals surface area contributed by atoms with Gasteiger partial charge < -0.3 is 0 Å². The summed E-state index contributed by atoms with van der Waals surface area (Å²) in [6.07, 6.45) is 4.60. The average Bonchev–Trinajstić information content (AvgIpc) is 2.39. The first kappa shape index (κ1) is 13.4. The molecule has 19 heavy (non-hydrogen) atoms. The third-order valence-corrected chi connectivity index (χ3v) is 3.81. The molecule has 0 amide bonds. The molecule has 4 nitrogen and oxygen atoms in total. The zero-order valence-corrected chi connectivity index (χ0v) is 11.2. The normalized spacial score (nSPS) is 11.2. The first-order valence-corrected chi connectivity index (χ1v) is 7.58. The summed E-state index contributed by atoms with van der Waals surface area (Å²) in [7, 11) is -3.29. The number of aromatic nitrogens is 1. The van der Waals surface area contributed by atoms with E-state index in [1.807, 2.05) is 0 Å². The minimum atomic E-state index is -3.29. The molecule has 0 saturated carbocycles. The van der Waals surface area contributed by atoms with E-state index in [-0.39, 0.29) is 17.1 Å². The molecular weight excluding hydrogens is 262 g/mol. The van der Waals surface area contributed by atoms with Crippen LogP contribution in [0, 0.1) is 0 Å². The summed E-state index contributed by atoms with van der Waals surface area (Å²) in [5.41, 5.74) is 1.25. The van der Waals surface area contributed by atoms with E-state index in [0.29, 0.717) is 5.56 Å². The van der Waals surface area contributed by atoms with E-state index in [0.717, 1.165) is 11.8 Å². The molecule has 2 rings (SSSR count). The van der Waals surface area contributed by atoms with Crippen LogP contribution in [-0.2, 0) is 16.3 Å². The monoisotopic (exact) mass is 275 g/mol. The second-order valence-electron chi connectivity index (χ2n) is 4.26. The summed E-state index contributed by atoms with van der Waals surface area (Å²) in [6, 6.07) is 9.63. The Balaban J connectivity index is 2.25. The van der Waals surface area contributed by atoms with Gasteiger partial charge in [0.25, 0.3) is 0 Å². The maximum Gasteiger partial charge on any atom is 0.175 e. The molecule has 0 atom stereocenters. The lowest BCUT2D eigenvalue weighted by Gasteiger charge is -2.03. The molecule has 0 aliphatic rings. The highest BCUT2D eigenvalue weighted by Gasteiger charge is 2.12. The van der Waals surface area contributed by atoms with Crippen molar-refractivity contribution in [1.29, 1.82) is 0 Å². The lowest BCUT2D eigenvalue weighted by atomic mass is 10.0. The number of pyridine rings is 1. The fourth-order valence-electron chi connectivity index (χ4n) is 1.69. The number of hydrogen-bond donors (Lipinski definition) is 0. The standard InChI is InChI=1S/C14H13NO3S/c1-19(17,18)13-4-2-3-12(10-13)14(16)9-11-5-7-15-8-6-11/h2-8,10H,9H2,1H3. The van der Waals surface area contributed by atoms with Gasteiger partial charge in [0.05, 0.1) is 4.90 Å². The molecule has 0 radical (unpaired) electrons. The van der Waals surface area contributed by atoms with Crippen molar-refractivity contribution in [3.63, 3.8) is 0 Å². The molecule has 0 fully saturated rings. The fraction of sp³-hybridized carbons (Fsp3) is 0.143. The zero-order valence-electron chi connectivity index (χ0n) is 10.4. The molecular formula is C14H13NO3S. The largest absolute Gasteiger partial charge is 0.294 e. The fourth-order valence-corrected chi connectivity index (χ4v) is 2.36. The van der Waals surface area contributed by atoms with Gasteiger partial charge in [-0.25, -0.2) is 8.42 Å². The molecule has 0 N–H and O–H groups in total. The van der Waals surface area contributed by atoms with E-state index in [2.05, 4.69) is 4.98 Å². The Hall–Kier alpha value is -2.01. The van der Waals surface area contributed by atoms with E-state index in [1.165, 1.54) is 12.1 Å². The van der Waals surface area contributed by atoms with Gasteiger partial charge in [0.15, 0.2) is 15.6 Å². The van der Waals surface area contributed by atoms with Crippen LogP contribution < -0.4 is 0 Å². The number of Topliss-reactive ketones (excluding diaryl/α,β-unsaturated/α-hetero) is 1. The number of carbonyl (C=O) groups excluding carboxylic acids is 1. The van der Waals surface area contributed by atoms with Gasteiger partial charge in [-0.15, -0.1) is 0 Å². The number of nitrogens with zero attached hydrogens (tertiary/aromatic N) is 1. The van der Waals surface area contributed by atoms with Gasteiger partial charge in [-0.2, -0.15) is 0 Å². The smallest absolute Gasteiger partial charge is 0.175 e. The summed E-state index contributed by atoms with van der Waals surface area (Å²) >= 11 is 0. The van der Waals surface area contributed by atoms with E-state index >= 15 is 0 Å². The van der Waals surface area contributed by atoms with Gasteiger partial charge in [0, 0.05) is 30.6 Å². The van der Waals surface area contributed by atoms with E-state index in [4.69, 9.17) is 0 Å². The number of benzene rings is 1. The number of rotatable bonds is 4. The third-order valence-electron chi connectivity index (χ3n) is 2.70. The maximum atomic E-state index is 12.1. The predicted molar refractivity (Wildman–Crippen MR) is 71.8 cm³/mol. The lowest BCUT2D eigenvalue weighted by molar-refractivity contribution is 0.0993. The van der Waals surface area contributed by atoms with Crippen LogP contribution in [0.25, 0.3) is 0 Å². The van der Waals surface area contributed by atoms with Crippen LogP contribution >= 0.6 is 0 Å². The molecule has 1 aromatic heterocycles. The quantitative estimate of drug-likeness (QED) is 0.800. The molecule has 98 valence electrons. The highest BCUT2D eigenvalue weighted by Crippen LogP contribution is 2.13. The van der Waals surface area contributed by atoms with Gasteiger partial charge in [-0.05, 0) is 29.8 Å². The minimum Gasteiger partial charge on any atom is -0.294 e. The molecule has 0 bridgehead atoms. The molecule has 1 aromatic carbocycles. The SMILES string of the molecule is CS(=O)(=O)c1cccc(C(=O)Cc2ccncc2)c1. The zero-order chi connectivity index (χ0) is 13.9. The van der Waals surface area contributed by atoms with Crippen molar-refractivity contribution in [2.24, 2.45) is 0 Å². The Labute approximate surface area is 112 Å². The van der Waals surface area contributed by atoms with Crippen LogP contribution in [0.1, 0.15) is 15.9 Å². The van der Waals surface area contributed by atoms with E-state index < -0.39 is 9.84 Å². The van der Waals surface area contributed by atoms with Crippen molar-refractivity contribution in [1.82, 2.24) is 4.98 Å². The van der Waals surface area contributed by atoms with Gasteiger partial charge in [-0.1, -0.05) is 12.1 Å². The van der Waals surface area contributed by atoms with Crippen molar-refractivity contribution < 1.29 is 13.2 Å². The number of carbonyl (C=O) groups is 1. The molecule has 0 aliphatic carbocycles. The van der Waals surface area contributed by atoms with E-state index in [9.17, 15) is 13.2 Å². The summed E-state index contributed by atoms with van der Waals surface area (Å²) < 4.78 is 22.9. The molecule has 1 heterocycles. The van der Waals surface area contributed by atoms with Crippen molar-refractivity contribution in [3.8, 4) is 0 Å². The molecule has 5 heteroatoms. The number of hydrogen-bond acceptors (Lipinski definition) is 4. The van der Waals surface area contributed by atoms with Crippen molar-refractivity contribution >= 4 is 15.6 Å². The summed E-state index contributed by atoms with van der Waals surface area (Å²) in [5.74, 6) is -0.114. The van der Waals surface area contributed by atoms with Crippen molar-refractivity contribution in [3.05, 3.63) is 59.9 Å². The first-order chi connectivity index (χ1) is 8.97. The summed E-state index contributed by atoms with van der Waals surface area (Å²) in [4.78, 5) is 16.1. The molecule has 0 spiro atoms. The molecule has 0 aliphatic heterocycles. The molecule has 0 saturated heterocycles. The van der Waals surface area contributed by atoms with Crippen molar-refractivity contribution in [2.45, 2.75) is 11.3 Å². The summed E-state index contributed by atoms with van der Waals surface area (Å²) in [5, 5.41) is 0. The van der Waals surface area contributed by atoms with Gasteiger partial charge in [0.2, 0.25) is 0 Å². The minimum absolute atomic E-state index is 0.114. The predicted octanol–water partition coefficient (Wildman–Crippen LogP) is 1.91. The Morgan fingerprint density at radius 3 is 2.47 bits per heavy atom. The second kappa shape index (κ2) is 5.32.